The van der Waals surface area contributed by atoms with Gasteiger partial charge in [-0.05, 0) is 32.9 Å². The summed E-state index contributed by atoms with van der Waals surface area (Å²) in [6.07, 6.45) is 0. The van der Waals surface area contributed by atoms with Crippen LogP contribution in [-0.4, -0.2) is 36.6 Å². The van der Waals surface area contributed by atoms with E-state index in [1.54, 1.807) is 11.0 Å². The van der Waals surface area contributed by atoms with Gasteiger partial charge in [0.2, 0.25) is 0 Å². The van der Waals surface area contributed by atoms with E-state index >= 15 is 0 Å². The van der Waals surface area contributed by atoms with Gasteiger partial charge in [0.1, 0.15) is 5.69 Å². The molecule has 1 aromatic carbocycles. The van der Waals surface area contributed by atoms with Gasteiger partial charge in [0, 0.05) is 31.7 Å². The van der Waals surface area contributed by atoms with Gasteiger partial charge in [0.05, 0.1) is 11.6 Å². The number of hydrogen-bond acceptors (Lipinski definition) is 3. The molecule has 1 fully saturated rings. The monoisotopic (exact) mass is 279 g/mol. The predicted molar refractivity (Wildman–Crippen MR) is 74.6 cm³/mol. The van der Waals surface area contributed by atoms with Gasteiger partial charge in [-0.3, -0.25) is 4.90 Å². The Labute approximate surface area is 118 Å². The number of halogens is 2. The second-order valence-electron chi connectivity index (χ2n) is 6.05. The lowest BCUT2D eigenvalue weighted by atomic mass is 10.0. The molecule has 1 aliphatic rings. The zero-order valence-corrected chi connectivity index (χ0v) is 12.1. The molecule has 0 amide bonds. The molecule has 0 unspecified atom stereocenters. The molecule has 5 heteroatoms. The van der Waals surface area contributed by atoms with Crippen molar-refractivity contribution in [2.24, 2.45) is 0 Å². The Morgan fingerprint density at radius 1 is 1.05 bits per heavy atom. The molecule has 3 nitrogen and oxygen atoms in total. The maximum absolute atomic E-state index is 14.0. The molecular formula is C15H19F2N3. The number of benzene rings is 1. The van der Waals surface area contributed by atoms with E-state index in [1.807, 2.05) is 0 Å². The van der Waals surface area contributed by atoms with E-state index in [1.165, 1.54) is 0 Å². The third-order valence-electron chi connectivity index (χ3n) is 3.69. The highest BCUT2D eigenvalue weighted by atomic mass is 19.1. The van der Waals surface area contributed by atoms with Crippen molar-refractivity contribution in [3.8, 4) is 6.07 Å². The van der Waals surface area contributed by atoms with E-state index in [-0.39, 0.29) is 16.8 Å². The summed E-state index contributed by atoms with van der Waals surface area (Å²) < 4.78 is 27.9. The van der Waals surface area contributed by atoms with Crippen LogP contribution in [0.15, 0.2) is 12.1 Å². The second kappa shape index (κ2) is 5.37. The van der Waals surface area contributed by atoms with Crippen molar-refractivity contribution >= 4 is 5.69 Å². The van der Waals surface area contributed by atoms with Crippen molar-refractivity contribution in [2.45, 2.75) is 26.3 Å². The number of hydrogen-bond donors (Lipinski definition) is 0. The van der Waals surface area contributed by atoms with E-state index in [4.69, 9.17) is 5.26 Å². The second-order valence-corrected chi connectivity index (χ2v) is 6.05. The molecule has 1 aliphatic heterocycles. The number of piperazine rings is 1. The third-order valence-corrected chi connectivity index (χ3v) is 3.69. The van der Waals surface area contributed by atoms with Crippen LogP contribution in [0.5, 0.6) is 0 Å². The fourth-order valence-electron chi connectivity index (χ4n) is 2.53. The molecule has 108 valence electrons. The maximum atomic E-state index is 14.0. The summed E-state index contributed by atoms with van der Waals surface area (Å²) in [5, 5.41) is 8.71. The Balaban J connectivity index is 2.18. The van der Waals surface area contributed by atoms with Crippen LogP contribution in [0.3, 0.4) is 0 Å². The van der Waals surface area contributed by atoms with Gasteiger partial charge in [0.15, 0.2) is 11.6 Å². The Morgan fingerprint density at radius 2 is 1.55 bits per heavy atom. The van der Waals surface area contributed by atoms with Crippen molar-refractivity contribution < 1.29 is 8.78 Å². The first-order chi connectivity index (χ1) is 9.32. The standard InChI is InChI=1S/C15H19F2N3/c1-15(2,3)20-6-4-19(5-7-20)14-12(16)8-11(10-18)9-13(14)17/h8-9H,4-7H2,1-3H3. The third kappa shape index (κ3) is 2.91. The number of nitrogens with zero attached hydrogens (tertiary/aromatic N) is 3. The highest BCUT2D eigenvalue weighted by Gasteiger charge is 2.28. The Bertz CT molecular complexity index is 512. The molecule has 20 heavy (non-hydrogen) atoms. The molecule has 0 saturated carbocycles. The van der Waals surface area contributed by atoms with E-state index in [0.29, 0.717) is 13.1 Å². The van der Waals surface area contributed by atoms with Crippen molar-refractivity contribution in [1.29, 1.82) is 5.26 Å². The van der Waals surface area contributed by atoms with E-state index < -0.39 is 11.6 Å². The molecule has 0 aliphatic carbocycles. The molecule has 1 aromatic rings. The summed E-state index contributed by atoms with van der Waals surface area (Å²) >= 11 is 0. The molecule has 1 heterocycles. The number of rotatable bonds is 1. The number of nitriles is 1. The fraction of sp³-hybridized carbons (Fsp3) is 0.533. The van der Waals surface area contributed by atoms with Gasteiger partial charge in [-0.25, -0.2) is 8.78 Å². The smallest absolute Gasteiger partial charge is 0.150 e. The Hall–Kier alpha value is -1.67. The normalized spacial score (nSPS) is 17.1. The SMILES string of the molecule is CC(C)(C)N1CCN(c2c(F)cc(C#N)cc2F)CC1. The molecule has 1 saturated heterocycles. The van der Waals surface area contributed by atoms with Gasteiger partial charge >= 0.3 is 0 Å². The van der Waals surface area contributed by atoms with Gasteiger partial charge in [-0.1, -0.05) is 0 Å². The highest BCUT2D eigenvalue weighted by Crippen LogP contribution is 2.27. The summed E-state index contributed by atoms with van der Waals surface area (Å²) in [4.78, 5) is 4.01. The molecule has 0 atom stereocenters. The molecule has 2 rings (SSSR count). The largest absolute Gasteiger partial charge is 0.364 e. The van der Waals surface area contributed by atoms with Gasteiger partial charge < -0.3 is 4.90 Å². The summed E-state index contributed by atoms with van der Waals surface area (Å²) in [6, 6.07) is 3.94. The topological polar surface area (TPSA) is 30.3 Å². The fourth-order valence-corrected chi connectivity index (χ4v) is 2.53. The average molecular weight is 279 g/mol. The summed E-state index contributed by atoms with van der Waals surface area (Å²) in [5.41, 5.74) is 0.0584. The first-order valence-electron chi connectivity index (χ1n) is 6.72. The summed E-state index contributed by atoms with van der Waals surface area (Å²) in [5.74, 6) is -1.32. The van der Waals surface area contributed by atoms with Crippen LogP contribution in [0.4, 0.5) is 14.5 Å². The van der Waals surface area contributed by atoms with Crippen molar-refractivity contribution in [3.63, 3.8) is 0 Å². The quantitative estimate of drug-likeness (QED) is 0.792. The molecule has 0 spiro atoms. The lowest BCUT2D eigenvalue weighted by Gasteiger charge is -2.43. The van der Waals surface area contributed by atoms with E-state index in [0.717, 1.165) is 25.2 Å². The lowest BCUT2D eigenvalue weighted by Crippen LogP contribution is -2.53. The molecule has 0 N–H and O–H groups in total. The first kappa shape index (κ1) is 14.7. The lowest BCUT2D eigenvalue weighted by molar-refractivity contribution is 0.128. The predicted octanol–water partition coefficient (Wildman–Crippen LogP) is 2.76. The van der Waals surface area contributed by atoms with Crippen LogP contribution in [0, 0.1) is 23.0 Å². The van der Waals surface area contributed by atoms with Crippen LogP contribution in [-0.2, 0) is 0 Å². The Morgan fingerprint density at radius 3 is 1.95 bits per heavy atom. The zero-order chi connectivity index (χ0) is 14.9. The Kier molecular flexibility index (Phi) is 3.96. The molecule has 0 radical (unpaired) electrons. The van der Waals surface area contributed by atoms with Crippen LogP contribution in [0.2, 0.25) is 0 Å². The highest BCUT2D eigenvalue weighted by molar-refractivity contribution is 5.53. The van der Waals surface area contributed by atoms with Crippen molar-refractivity contribution in [3.05, 3.63) is 29.3 Å². The van der Waals surface area contributed by atoms with Crippen LogP contribution >= 0.6 is 0 Å². The molecular weight excluding hydrogens is 260 g/mol. The van der Waals surface area contributed by atoms with Crippen LogP contribution in [0.1, 0.15) is 26.3 Å². The van der Waals surface area contributed by atoms with E-state index in [9.17, 15) is 8.78 Å². The van der Waals surface area contributed by atoms with E-state index in [2.05, 4.69) is 25.7 Å². The first-order valence-corrected chi connectivity index (χ1v) is 6.72. The minimum absolute atomic E-state index is 0.0112. The summed E-state index contributed by atoms with van der Waals surface area (Å²) in [7, 11) is 0. The molecule has 0 aromatic heterocycles. The minimum Gasteiger partial charge on any atom is -0.364 e. The minimum atomic E-state index is -0.661. The van der Waals surface area contributed by atoms with Crippen LogP contribution in [0.25, 0.3) is 0 Å². The molecule has 0 bridgehead atoms. The van der Waals surface area contributed by atoms with Crippen LogP contribution < -0.4 is 4.90 Å². The number of anilines is 1. The van der Waals surface area contributed by atoms with Gasteiger partial charge in [-0.2, -0.15) is 5.26 Å². The van der Waals surface area contributed by atoms with Gasteiger partial charge in [-0.15, -0.1) is 0 Å². The van der Waals surface area contributed by atoms with Gasteiger partial charge in [0.25, 0.3) is 0 Å². The maximum Gasteiger partial charge on any atom is 0.150 e. The van der Waals surface area contributed by atoms with Crippen molar-refractivity contribution in [1.82, 2.24) is 4.90 Å². The van der Waals surface area contributed by atoms with Crippen molar-refractivity contribution in [2.75, 3.05) is 31.1 Å². The summed E-state index contributed by atoms with van der Waals surface area (Å²) in [6.45, 7) is 9.08. The zero-order valence-electron chi connectivity index (χ0n) is 12.1. The average Bonchev–Trinajstić information content (AvgIpc) is 2.37.